The molecule has 4 heterocycles. The van der Waals surface area contributed by atoms with Gasteiger partial charge in [-0.05, 0) is 26.0 Å². The molecule has 1 aliphatic rings. The highest BCUT2D eigenvalue weighted by atomic mass is 16.2. The first kappa shape index (κ1) is 18.0. The maximum absolute atomic E-state index is 13.6. The molecule has 0 fully saturated rings. The Balaban J connectivity index is 1.52. The first-order valence-electron chi connectivity index (χ1n) is 10.6. The molecule has 1 aliphatic heterocycles. The van der Waals surface area contributed by atoms with Crippen molar-refractivity contribution in [2.75, 3.05) is 11.4 Å². The number of benzene rings is 2. The molecule has 1 amide bonds. The largest absolute Gasteiger partial charge is 0.359 e. The van der Waals surface area contributed by atoms with Crippen LogP contribution in [-0.2, 0) is 13.6 Å². The van der Waals surface area contributed by atoms with Crippen molar-refractivity contribution in [3.8, 4) is 11.1 Å². The molecule has 0 radical (unpaired) electrons. The highest BCUT2D eigenvalue weighted by molar-refractivity contribution is 6.13. The van der Waals surface area contributed by atoms with E-state index < -0.39 is 0 Å². The second-order valence-corrected chi connectivity index (χ2v) is 8.27. The van der Waals surface area contributed by atoms with Gasteiger partial charge in [0, 0.05) is 59.4 Å². The van der Waals surface area contributed by atoms with Crippen molar-refractivity contribution in [3.05, 3.63) is 71.8 Å². The van der Waals surface area contributed by atoms with Gasteiger partial charge in [0.25, 0.3) is 5.91 Å². The van der Waals surface area contributed by atoms with E-state index in [0.29, 0.717) is 6.54 Å². The molecule has 3 aromatic heterocycles. The van der Waals surface area contributed by atoms with E-state index in [1.807, 2.05) is 54.0 Å². The summed E-state index contributed by atoms with van der Waals surface area (Å²) in [5.74, 6) is 0.0396. The molecule has 0 aliphatic carbocycles. The third kappa shape index (κ3) is 2.45. The van der Waals surface area contributed by atoms with Crippen LogP contribution in [0.4, 0.5) is 5.69 Å². The first-order chi connectivity index (χ1) is 15.0. The molecule has 0 unspecified atom stereocenters. The maximum Gasteiger partial charge on any atom is 0.275 e. The smallest absolute Gasteiger partial charge is 0.275 e. The summed E-state index contributed by atoms with van der Waals surface area (Å²) in [6, 6.07) is 16.4. The first-order valence-corrected chi connectivity index (χ1v) is 10.6. The zero-order valence-corrected chi connectivity index (χ0v) is 17.8. The van der Waals surface area contributed by atoms with Crippen LogP contribution in [0.1, 0.15) is 21.9 Å². The molecular formula is C25H23N5O. The van der Waals surface area contributed by atoms with Crippen LogP contribution in [0.25, 0.3) is 32.9 Å². The Hall–Kier alpha value is -3.80. The lowest BCUT2D eigenvalue weighted by molar-refractivity contribution is 0.0966. The molecule has 0 saturated carbocycles. The number of rotatable bonds is 2. The number of hydrogen-bond acceptors (Lipinski definition) is 2. The van der Waals surface area contributed by atoms with Crippen LogP contribution in [0.5, 0.6) is 0 Å². The summed E-state index contributed by atoms with van der Waals surface area (Å²) >= 11 is 0. The molecular weight excluding hydrogens is 386 g/mol. The second-order valence-electron chi connectivity index (χ2n) is 8.27. The average molecular weight is 409 g/mol. The quantitative estimate of drug-likeness (QED) is 0.455. The molecule has 5 aromatic rings. The number of carbonyl (C=O) groups excluding carboxylic acids is 1. The fourth-order valence-electron chi connectivity index (χ4n) is 5.05. The average Bonchev–Trinajstić information content (AvgIpc) is 3.43. The van der Waals surface area contributed by atoms with Gasteiger partial charge in [-0.25, -0.2) is 0 Å². The van der Waals surface area contributed by atoms with Crippen LogP contribution in [0.3, 0.4) is 0 Å². The molecule has 6 nitrogen and oxygen atoms in total. The van der Waals surface area contributed by atoms with E-state index in [1.165, 1.54) is 0 Å². The van der Waals surface area contributed by atoms with Gasteiger partial charge in [0.05, 0.1) is 16.9 Å². The predicted molar refractivity (Wildman–Crippen MR) is 124 cm³/mol. The number of fused-ring (bicyclic) bond motifs is 4. The van der Waals surface area contributed by atoms with E-state index in [-0.39, 0.29) is 5.91 Å². The van der Waals surface area contributed by atoms with Gasteiger partial charge in [-0.3, -0.25) is 9.48 Å². The van der Waals surface area contributed by atoms with Crippen LogP contribution < -0.4 is 4.90 Å². The van der Waals surface area contributed by atoms with Gasteiger partial charge >= 0.3 is 0 Å². The van der Waals surface area contributed by atoms with E-state index in [9.17, 15) is 4.79 Å². The van der Waals surface area contributed by atoms with Crippen LogP contribution in [0.15, 0.2) is 54.7 Å². The number of nitrogens with zero attached hydrogens (tertiary/aromatic N) is 4. The normalized spacial score (nSPS) is 14.0. The molecule has 0 atom stereocenters. The lowest BCUT2D eigenvalue weighted by Crippen LogP contribution is -2.40. The fraction of sp³-hybridized carbons (Fsp3) is 0.200. The molecule has 6 rings (SSSR count). The fourth-order valence-corrected chi connectivity index (χ4v) is 5.05. The number of amides is 1. The SMILES string of the molecule is Cc1nn(C)c(C)c1-c1cccc2cc3n(c12)CCN(c1c[nH]c2ccccc12)C3=O. The molecule has 0 saturated heterocycles. The molecule has 6 heteroatoms. The molecule has 1 N–H and O–H groups in total. The lowest BCUT2D eigenvalue weighted by atomic mass is 10.0. The molecule has 0 bridgehead atoms. The summed E-state index contributed by atoms with van der Waals surface area (Å²) in [6.07, 6.45) is 1.94. The second kappa shape index (κ2) is 6.35. The van der Waals surface area contributed by atoms with Crippen LogP contribution in [0, 0.1) is 13.8 Å². The standard InChI is InChI=1S/C25H23N5O/c1-15-23(16(2)28(3)27-15)19-9-6-7-17-13-21-25(31)30(12-11-29(21)24(17)19)22-14-26-20-10-5-4-8-18(20)22/h4-10,13-14,26H,11-12H2,1-3H3. The predicted octanol–water partition coefficient (Wildman–Crippen LogP) is 4.80. The van der Waals surface area contributed by atoms with Gasteiger partial charge in [-0.2, -0.15) is 5.10 Å². The highest BCUT2D eigenvalue weighted by Crippen LogP contribution is 2.37. The summed E-state index contributed by atoms with van der Waals surface area (Å²) in [6.45, 7) is 5.53. The minimum absolute atomic E-state index is 0.0396. The van der Waals surface area contributed by atoms with Crippen molar-refractivity contribution in [2.24, 2.45) is 7.05 Å². The zero-order valence-electron chi connectivity index (χ0n) is 17.8. The van der Waals surface area contributed by atoms with Crippen molar-refractivity contribution >= 4 is 33.4 Å². The van der Waals surface area contributed by atoms with E-state index in [1.54, 1.807) is 0 Å². The number of aromatic amines is 1. The van der Waals surface area contributed by atoms with Crippen molar-refractivity contribution in [1.29, 1.82) is 0 Å². The number of H-pyrrole nitrogens is 1. The van der Waals surface area contributed by atoms with Crippen LogP contribution in [-0.4, -0.2) is 31.8 Å². The monoisotopic (exact) mass is 409 g/mol. The summed E-state index contributed by atoms with van der Waals surface area (Å²) < 4.78 is 4.11. The van der Waals surface area contributed by atoms with Gasteiger partial charge in [0.15, 0.2) is 0 Å². The minimum Gasteiger partial charge on any atom is -0.359 e. The van der Waals surface area contributed by atoms with Gasteiger partial charge in [0.1, 0.15) is 5.69 Å². The molecule has 0 spiro atoms. The number of hydrogen-bond donors (Lipinski definition) is 1. The number of aryl methyl sites for hydroxylation is 2. The third-order valence-electron chi connectivity index (χ3n) is 6.57. The van der Waals surface area contributed by atoms with Gasteiger partial charge < -0.3 is 14.5 Å². The van der Waals surface area contributed by atoms with E-state index >= 15 is 0 Å². The number of carbonyl (C=O) groups is 1. The Labute approximate surface area is 179 Å². The topological polar surface area (TPSA) is 58.9 Å². The number of anilines is 1. The minimum atomic E-state index is 0.0396. The van der Waals surface area contributed by atoms with Crippen molar-refractivity contribution < 1.29 is 4.79 Å². The van der Waals surface area contributed by atoms with Crippen LogP contribution >= 0.6 is 0 Å². The summed E-state index contributed by atoms with van der Waals surface area (Å²) in [4.78, 5) is 18.8. The maximum atomic E-state index is 13.6. The summed E-state index contributed by atoms with van der Waals surface area (Å²) in [5, 5.41) is 6.77. The van der Waals surface area contributed by atoms with Crippen molar-refractivity contribution in [1.82, 2.24) is 19.3 Å². The number of para-hydroxylation sites is 2. The third-order valence-corrected chi connectivity index (χ3v) is 6.57. The van der Waals surface area contributed by atoms with E-state index in [4.69, 9.17) is 0 Å². The van der Waals surface area contributed by atoms with Gasteiger partial charge in [-0.1, -0.05) is 36.4 Å². The van der Waals surface area contributed by atoms with Gasteiger partial charge in [0.2, 0.25) is 0 Å². The molecule has 31 heavy (non-hydrogen) atoms. The van der Waals surface area contributed by atoms with Crippen molar-refractivity contribution in [3.63, 3.8) is 0 Å². The lowest BCUT2D eigenvalue weighted by Gasteiger charge is -2.28. The Morgan fingerprint density at radius 3 is 2.68 bits per heavy atom. The Morgan fingerprint density at radius 2 is 1.87 bits per heavy atom. The Kier molecular flexibility index (Phi) is 3.69. The molecule has 154 valence electrons. The van der Waals surface area contributed by atoms with Crippen LogP contribution in [0.2, 0.25) is 0 Å². The van der Waals surface area contributed by atoms with E-state index in [2.05, 4.69) is 45.8 Å². The van der Waals surface area contributed by atoms with E-state index in [0.717, 1.165) is 62.2 Å². The zero-order chi connectivity index (χ0) is 21.3. The number of aromatic nitrogens is 4. The number of nitrogens with one attached hydrogen (secondary N) is 1. The Morgan fingerprint density at radius 1 is 1.03 bits per heavy atom. The van der Waals surface area contributed by atoms with Crippen molar-refractivity contribution in [2.45, 2.75) is 20.4 Å². The summed E-state index contributed by atoms with van der Waals surface area (Å²) in [5.41, 5.74) is 8.26. The Bertz CT molecular complexity index is 1500. The summed E-state index contributed by atoms with van der Waals surface area (Å²) in [7, 11) is 1.97. The highest BCUT2D eigenvalue weighted by Gasteiger charge is 2.30. The van der Waals surface area contributed by atoms with Gasteiger partial charge in [-0.15, -0.1) is 0 Å². The molecule has 2 aromatic carbocycles.